The second kappa shape index (κ2) is 7.40. The van der Waals surface area contributed by atoms with Crippen molar-refractivity contribution in [1.29, 1.82) is 0 Å². The molecule has 3 N–H and O–H groups in total. The number of thiophene rings is 1. The van der Waals surface area contributed by atoms with E-state index in [9.17, 15) is 14.7 Å². The van der Waals surface area contributed by atoms with Crippen LogP contribution in [0.3, 0.4) is 0 Å². The lowest BCUT2D eigenvalue weighted by molar-refractivity contribution is -0.122. The molecule has 0 radical (unpaired) electrons. The van der Waals surface area contributed by atoms with Crippen molar-refractivity contribution in [1.82, 2.24) is 10.6 Å². The Hall–Kier alpha value is -1.40. The van der Waals surface area contributed by atoms with Gasteiger partial charge in [0.15, 0.2) is 0 Å². The Kier molecular flexibility index (Phi) is 5.55. The van der Waals surface area contributed by atoms with Gasteiger partial charge in [-0.3, -0.25) is 9.59 Å². The van der Waals surface area contributed by atoms with Crippen molar-refractivity contribution < 1.29 is 14.7 Å². The highest BCUT2D eigenvalue weighted by Gasteiger charge is 2.24. The maximum absolute atomic E-state index is 11.8. The van der Waals surface area contributed by atoms with Gasteiger partial charge >= 0.3 is 0 Å². The fourth-order valence-electron chi connectivity index (χ4n) is 2.34. The molecule has 5 nitrogen and oxygen atoms in total. The number of nitrogens with one attached hydrogen (secondary N) is 2. The first kappa shape index (κ1) is 15.0. The van der Waals surface area contributed by atoms with Crippen molar-refractivity contribution in [2.24, 2.45) is 0 Å². The molecule has 0 aromatic carbocycles. The molecule has 0 bridgehead atoms. The Bertz CT molecular complexity index is 447. The van der Waals surface area contributed by atoms with E-state index in [-0.39, 0.29) is 24.3 Å². The second-order valence-corrected chi connectivity index (χ2v) is 5.96. The van der Waals surface area contributed by atoms with E-state index in [2.05, 4.69) is 10.6 Å². The third-order valence-corrected chi connectivity index (χ3v) is 4.33. The molecule has 2 amide bonds. The van der Waals surface area contributed by atoms with Crippen LogP contribution in [0.2, 0.25) is 0 Å². The lowest BCUT2D eigenvalue weighted by Crippen LogP contribution is -2.45. The van der Waals surface area contributed by atoms with Crippen LogP contribution in [-0.2, 0) is 4.79 Å². The lowest BCUT2D eigenvalue weighted by Gasteiger charge is -2.28. The summed E-state index contributed by atoms with van der Waals surface area (Å²) in [6, 6.07) is 3.43. The summed E-state index contributed by atoms with van der Waals surface area (Å²) >= 11 is 1.37. The Balaban J connectivity index is 1.66. The number of amides is 2. The van der Waals surface area contributed by atoms with E-state index >= 15 is 0 Å². The quantitative estimate of drug-likeness (QED) is 0.766. The molecule has 2 rings (SSSR count). The molecule has 110 valence electrons. The smallest absolute Gasteiger partial charge is 0.261 e. The van der Waals surface area contributed by atoms with Gasteiger partial charge < -0.3 is 15.7 Å². The average molecular weight is 296 g/mol. The van der Waals surface area contributed by atoms with Crippen molar-refractivity contribution in [3.8, 4) is 0 Å². The maximum atomic E-state index is 11.8. The molecule has 20 heavy (non-hydrogen) atoms. The van der Waals surface area contributed by atoms with Crippen LogP contribution in [-0.4, -0.2) is 35.6 Å². The zero-order valence-corrected chi connectivity index (χ0v) is 12.1. The standard InChI is InChI=1S/C14H20N2O3S/c17-11-5-2-1-4-10(11)16-13(18)7-8-15-14(19)12-6-3-9-20-12/h3,6,9-11,17H,1-2,4-5,7-8H2,(H,15,19)(H,16,18)/t10-,11-/m1/s1. The highest BCUT2D eigenvalue weighted by atomic mass is 32.1. The minimum Gasteiger partial charge on any atom is -0.391 e. The monoisotopic (exact) mass is 296 g/mol. The van der Waals surface area contributed by atoms with Gasteiger partial charge in [0.25, 0.3) is 5.91 Å². The second-order valence-electron chi connectivity index (χ2n) is 5.01. The molecule has 1 heterocycles. The zero-order valence-electron chi connectivity index (χ0n) is 11.3. The Morgan fingerprint density at radius 2 is 2.15 bits per heavy atom. The molecule has 0 saturated heterocycles. The molecule has 1 aromatic heterocycles. The zero-order chi connectivity index (χ0) is 14.4. The predicted octanol–water partition coefficient (Wildman–Crippen LogP) is 1.29. The van der Waals surface area contributed by atoms with E-state index in [0.29, 0.717) is 11.4 Å². The number of carbonyl (C=O) groups excluding carboxylic acids is 2. The molecule has 1 saturated carbocycles. The van der Waals surface area contributed by atoms with Crippen LogP contribution in [0, 0.1) is 0 Å². The van der Waals surface area contributed by atoms with Crippen LogP contribution in [0.4, 0.5) is 0 Å². The Morgan fingerprint density at radius 1 is 1.35 bits per heavy atom. The number of carbonyl (C=O) groups is 2. The fraction of sp³-hybridized carbons (Fsp3) is 0.571. The summed E-state index contributed by atoms with van der Waals surface area (Å²) in [6.45, 7) is 0.311. The van der Waals surface area contributed by atoms with Gasteiger partial charge in [-0.15, -0.1) is 11.3 Å². The van der Waals surface area contributed by atoms with Crippen molar-refractivity contribution in [3.05, 3.63) is 22.4 Å². The third-order valence-electron chi connectivity index (χ3n) is 3.46. The summed E-state index contributed by atoms with van der Waals surface area (Å²) in [5, 5.41) is 17.2. The van der Waals surface area contributed by atoms with E-state index < -0.39 is 6.10 Å². The van der Waals surface area contributed by atoms with Gasteiger partial charge in [0.05, 0.1) is 17.0 Å². The molecule has 0 unspecified atom stereocenters. The molecule has 6 heteroatoms. The topological polar surface area (TPSA) is 78.4 Å². The van der Waals surface area contributed by atoms with Crippen molar-refractivity contribution >= 4 is 23.2 Å². The molecule has 2 atom stereocenters. The van der Waals surface area contributed by atoms with E-state index in [4.69, 9.17) is 0 Å². The Morgan fingerprint density at radius 3 is 2.85 bits per heavy atom. The van der Waals surface area contributed by atoms with Gasteiger partial charge in [-0.2, -0.15) is 0 Å². The molecular weight excluding hydrogens is 276 g/mol. The highest BCUT2D eigenvalue weighted by molar-refractivity contribution is 7.12. The van der Waals surface area contributed by atoms with Crippen LogP contribution < -0.4 is 10.6 Å². The molecule has 1 aromatic rings. The van der Waals surface area contributed by atoms with Gasteiger partial charge in [0.1, 0.15) is 0 Å². The van der Waals surface area contributed by atoms with E-state index in [1.807, 2.05) is 11.4 Å². The molecule has 1 aliphatic rings. The molecule has 1 fully saturated rings. The molecule has 1 aliphatic carbocycles. The first-order valence-corrected chi connectivity index (χ1v) is 7.84. The summed E-state index contributed by atoms with van der Waals surface area (Å²) in [6.07, 6.45) is 3.43. The summed E-state index contributed by atoms with van der Waals surface area (Å²) in [5.41, 5.74) is 0. The number of rotatable bonds is 5. The van der Waals surface area contributed by atoms with Gasteiger partial charge in [-0.1, -0.05) is 18.9 Å². The summed E-state index contributed by atoms with van der Waals surface area (Å²) in [7, 11) is 0. The van der Waals surface area contributed by atoms with E-state index in [1.165, 1.54) is 11.3 Å². The van der Waals surface area contributed by atoms with Crippen molar-refractivity contribution in [3.63, 3.8) is 0 Å². The minimum absolute atomic E-state index is 0.123. The number of hydrogen-bond acceptors (Lipinski definition) is 4. The van der Waals surface area contributed by atoms with Gasteiger partial charge in [-0.25, -0.2) is 0 Å². The predicted molar refractivity (Wildman–Crippen MR) is 77.7 cm³/mol. The largest absolute Gasteiger partial charge is 0.391 e. The van der Waals surface area contributed by atoms with Gasteiger partial charge in [-0.05, 0) is 24.3 Å². The summed E-state index contributed by atoms with van der Waals surface area (Å²) < 4.78 is 0. The first-order valence-electron chi connectivity index (χ1n) is 6.96. The van der Waals surface area contributed by atoms with Crippen LogP contribution in [0.25, 0.3) is 0 Å². The van der Waals surface area contributed by atoms with Gasteiger partial charge in [0.2, 0.25) is 5.91 Å². The van der Waals surface area contributed by atoms with Crippen molar-refractivity contribution in [2.75, 3.05) is 6.54 Å². The van der Waals surface area contributed by atoms with Crippen LogP contribution in [0.1, 0.15) is 41.8 Å². The summed E-state index contributed by atoms with van der Waals surface area (Å²) in [5.74, 6) is -0.270. The first-order chi connectivity index (χ1) is 9.66. The average Bonchev–Trinajstić information content (AvgIpc) is 2.95. The fourth-order valence-corrected chi connectivity index (χ4v) is 2.98. The van der Waals surface area contributed by atoms with Gasteiger partial charge in [0, 0.05) is 13.0 Å². The third kappa shape index (κ3) is 4.31. The highest BCUT2D eigenvalue weighted by Crippen LogP contribution is 2.18. The normalized spacial score (nSPS) is 22.2. The molecular formula is C14H20N2O3S. The van der Waals surface area contributed by atoms with E-state index in [1.54, 1.807) is 6.07 Å². The van der Waals surface area contributed by atoms with Crippen molar-refractivity contribution in [2.45, 2.75) is 44.2 Å². The number of aliphatic hydroxyl groups excluding tert-OH is 1. The van der Waals surface area contributed by atoms with Crippen LogP contribution in [0.15, 0.2) is 17.5 Å². The number of aliphatic hydroxyl groups is 1. The SMILES string of the molecule is O=C(CCNC(=O)c1cccs1)N[C@@H]1CCCC[C@H]1O. The summed E-state index contributed by atoms with van der Waals surface area (Å²) in [4.78, 5) is 24.1. The minimum atomic E-state index is -0.437. The Labute approximate surface area is 122 Å². The van der Waals surface area contributed by atoms with E-state index in [0.717, 1.165) is 25.7 Å². The lowest BCUT2D eigenvalue weighted by atomic mass is 9.92. The molecule has 0 spiro atoms. The number of hydrogen-bond donors (Lipinski definition) is 3. The van der Waals surface area contributed by atoms with Crippen LogP contribution >= 0.6 is 11.3 Å². The van der Waals surface area contributed by atoms with Crippen LogP contribution in [0.5, 0.6) is 0 Å². The molecule has 0 aliphatic heterocycles. The maximum Gasteiger partial charge on any atom is 0.261 e.